The standard InChI is InChI=1S/C22H30N4O4S/c1-6-26(15(2)3)20-11-7-19(8-12-20)24-22(28)16(4)25-31(29,30)21-13-9-18(10-14-21)23-17(5)27/h7-16,25H,6H2,1-5H3,(H,23,27)(H,24,28)/t16-/m1/s1. The Morgan fingerprint density at radius 1 is 0.903 bits per heavy atom. The van der Waals surface area contributed by atoms with Crippen molar-refractivity contribution >= 4 is 38.9 Å². The van der Waals surface area contributed by atoms with E-state index in [1.54, 1.807) is 12.1 Å². The number of hydrogen-bond acceptors (Lipinski definition) is 5. The van der Waals surface area contributed by atoms with E-state index in [0.717, 1.165) is 12.2 Å². The third-order valence-corrected chi connectivity index (χ3v) is 6.20. The maximum Gasteiger partial charge on any atom is 0.242 e. The van der Waals surface area contributed by atoms with Crippen LogP contribution in [0.25, 0.3) is 0 Å². The Morgan fingerprint density at radius 3 is 1.90 bits per heavy atom. The maximum absolute atomic E-state index is 12.6. The predicted molar refractivity (Wildman–Crippen MR) is 124 cm³/mol. The number of nitrogens with zero attached hydrogens (tertiary/aromatic N) is 1. The van der Waals surface area contributed by atoms with Gasteiger partial charge in [-0.15, -0.1) is 0 Å². The molecule has 31 heavy (non-hydrogen) atoms. The average Bonchev–Trinajstić information content (AvgIpc) is 2.69. The zero-order valence-electron chi connectivity index (χ0n) is 18.5. The highest BCUT2D eigenvalue weighted by Gasteiger charge is 2.22. The lowest BCUT2D eigenvalue weighted by Crippen LogP contribution is -2.41. The molecular formula is C22H30N4O4S. The molecule has 2 aromatic carbocycles. The Bertz CT molecular complexity index is 1000. The Balaban J connectivity index is 2.02. The largest absolute Gasteiger partial charge is 0.369 e. The molecule has 2 amide bonds. The van der Waals surface area contributed by atoms with Gasteiger partial charge >= 0.3 is 0 Å². The van der Waals surface area contributed by atoms with Crippen LogP contribution in [0.3, 0.4) is 0 Å². The zero-order valence-corrected chi connectivity index (χ0v) is 19.3. The van der Waals surface area contributed by atoms with E-state index in [1.807, 2.05) is 12.1 Å². The van der Waals surface area contributed by atoms with Crippen LogP contribution in [-0.4, -0.2) is 38.9 Å². The molecule has 0 aliphatic carbocycles. The Labute approximate surface area is 184 Å². The van der Waals surface area contributed by atoms with Crippen LogP contribution in [0.4, 0.5) is 17.1 Å². The number of rotatable bonds is 9. The van der Waals surface area contributed by atoms with Crippen LogP contribution in [0, 0.1) is 0 Å². The lowest BCUT2D eigenvalue weighted by atomic mass is 10.2. The van der Waals surface area contributed by atoms with E-state index in [2.05, 4.69) is 41.0 Å². The van der Waals surface area contributed by atoms with Crippen molar-refractivity contribution in [3.63, 3.8) is 0 Å². The summed E-state index contributed by atoms with van der Waals surface area (Å²) in [6.07, 6.45) is 0. The third-order valence-electron chi connectivity index (χ3n) is 4.64. The predicted octanol–water partition coefficient (Wildman–Crippen LogP) is 3.19. The molecule has 9 heteroatoms. The molecule has 8 nitrogen and oxygen atoms in total. The second kappa shape index (κ2) is 10.4. The van der Waals surface area contributed by atoms with Crippen LogP contribution >= 0.6 is 0 Å². The van der Waals surface area contributed by atoms with E-state index in [1.165, 1.54) is 38.1 Å². The van der Waals surface area contributed by atoms with E-state index in [0.29, 0.717) is 17.4 Å². The molecule has 0 spiro atoms. The molecule has 0 aliphatic heterocycles. The van der Waals surface area contributed by atoms with Crippen molar-refractivity contribution in [1.82, 2.24) is 4.72 Å². The molecule has 0 fully saturated rings. The third kappa shape index (κ3) is 6.80. The van der Waals surface area contributed by atoms with Crippen LogP contribution in [-0.2, 0) is 19.6 Å². The Morgan fingerprint density at radius 2 is 1.42 bits per heavy atom. The monoisotopic (exact) mass is 446 g/mol. The van der Waals surface area contributed by atoms with Gasteiger partial charge in [-0.25, -0.2) is 8.42 Å². The molecule has 3 N–H and O–H groups in total. The van der Waals surface area contributed by atoms with Gasteiger partial charge in [-0.05, 0) is 76.2 Å². The molecule has 0 aliphatic rings. The topological polar surface area (TPSA) is 108 Å². The highest BCUT2D eigenvalue weighted by Crippen LogP contribution is 2.20. The lowest BCUT2D eigenvalue weighted by molar-refractivity contribution is -0.117. The quantitative estimate of drug-likeness (QED) is 0.548. The first-order valence-electron chi connectivity index (χ1n) is 10.1. The first-order valence-corrected chi connectivity index (χ1v) is 11.6. The minimum absolute atomic E-state index is 0.000975. The van der Waals surface area contributed by atoms with Crippen molar-refractivity contribution in [1.29, 1.82) is 0 Å². The van der Waals surface area contributed by atoms with Gasteiger partial charge in [0.2, 0.25) is 21.8 Å². The average molecular weight is 447 g/mol. The number of hydrogen-bond donors (Lipinski definition) is 3. The molecule has 0 heterocycles. The lowest BCUT2D eigenvalue weighted by Gasteiger charge is -2.27. The Hall–Kier alpha value is -2.91. The maximum atomic E-state index is 12.6. The highest BCUT2D eigenvalue weighted by atomic mass is 32.2. The van der Waals surface area contributed by atoms with Crippen LogP contribution in [0.5, 0.6) is 0 Å². The Kier molecular flexibility index (Phi) is 8.18. The van der Waals surface area contributed by atoms with Crippen LogP contribution in [0.2, 0.25) is 0 Å². The second-order valence-corrected chi connectivity index (χ2v) is 9.18. The van der Waals surface area contributed by atoms with Crippen LogP contribution in [0.1, 0.15) is 34.6 Å². The van der Waals surface area contributed by atoms with Gasteiger partial charge in [0.15, 0.2) is 0 Å². The fraction of sp³-hybridized carbons (Fsp3) is 0.364. The van der Waals surface area contributed by atoms with Gasteiger partial charge in [0.1, 0.15) is 0 Å². The summed E-state index contributed by atoms with van der Waals surface area (Å²) in [5, 5.41) is 5.30. The van der Waals surface area contributed by atoms with Crippen LogP contribution < -0.4 is 20.3 Å². The summed E-state index contributed by atoms with van der Waals surface area (Å²) in [6, 6.07) is 12.5. The second-order valence-electron chi connectivity index (χ2n) is 7.46. The number of carbonyl (C=O) groups excluding carboxylic acids is 2. The van der Waals surface area contributed by atoms with Crippen molar-refractivity contribution in [2.45, 2.75) is 51.6 Å². The van der Waals surface area contributed by atoms with E-state index < -0.39 is 22.0 Å². The summed E-state index contributed by atoms with van der Waals surface area (Å²) in [5.74, 6) is -0.721. The van der Waals surface area contributed by atoms with Crippen LogP contribution in [0.15, 0.2) is 53.4 Å². The number of carbonyl (C=O) groups is 2. The molecule has 168 valence electrons. The van der Waals surface area contributed by atoms with Crippen molar-refractivity contribution in [2.24, 2.45) is 0 Å². The molecular weight excluding hydrogens is 416 g/mol. The van der Waals surface area contributed by atoms with Gasteiger partial charge < -0.3 is 15.5 Å². The minimum atomic E-state index is -3.90. The molecule has 2 aromatic rings. The molecule has 1 atom stereocenters. The van der Waals surface area contributed by atoms with Crippen molar-refractivity contribution < 1.29 is 18.0 Å². The molecule has 2 rings (SSSR count). The summed E-state index contributed by atoms with van der Waals surface area (Å²) in [5.41, 5.74) is 2.12. The number of benzene rings is 2. The van der Waals surface area contributed by atoms with E-state index in [4.69, 9.17) is 0 Å². The smallest absolute Gasteiger partial charge is 0.242 e. The van der Waals surface area contributed by atoms with Gasteiger partial charge in [-0.1, -0.05) is 0 Å². The van der Waals surface area contributed by atoms with Gasteiger partial charge in [0, 0.05) is 36.6 Å². The molecule has 0 radical (unpaired) electrons. The molecule has 0 saturated heterocycles. The number of sulfonamides is 1. The number of anilines is 3. The first-order chi connectivity index (χ1) is 14.5. The molecule has 0 bridgehead atoms. The van der Waals surface area contributed by atoms with Gasteiger partial charge in [-0.2, -0.15) is 4.72 Å². The highest BCUT2D eigenvalue weighted by molar-refractivity contribution is 7.89. The molecule has 0 unspecified atom stereocenters. The first kappa shape index (κ1) is 24.4. The number of amides is 2. The number of nitrogens with one attached hydrogen (secondary N) is 3. The summed E-state index contributed by atoms with van der Waals surface area (Å²) in [6.45, 7) is 10.0. The SMILES string of the molecule is CCN(c1ccc(NC(=O)[C@@H](C)NS(=O)(=O)c2ccc(NC(C)=O)cc2)cc1)C(C)C. The van der Waals surface area contributed by atoms with E-state index >= 15 is 0 Å². The summed E-state index contributed by atoms with van der Waals surface area (Å²) in [4.78, 5) is 25.8. The summed E-state index contributed by atoms with van der Waals surface area (Å²) < 4.78 is 27.5. The van der Waals surface area contributed by atoms with Crippen molar-refractivity contribution in [3.8, 4) is 0 Å². The fourth-order valence-electron chi connectivity index (χ4n) is 3.11. The fourth-order valence-corrected chi connectivity index (χ4v) is 4.31. The van der Waals surface area contributed by atoms with E-state index in [-0.39, 0.29) is 10.8 Å². The van der Waals surface area contributed by atoms with Crippen molar-refractivity contribution in [2.75, 3.05) is 22.1 Å². The molecule has 0 aromatic heterocycles. The van der Waals surface area contributed by atoms with Crippen molar-refractivity contribution in [3.05, 3.63) is 48.5 Å². The summed E-state index contributed by atoms with van der Waals surface area (Å²) >= 11 is 0. The minimum Gasteiger partial charge on any atom is -0.369 e. The van der Waals surface area contributed by atoms with Gasteiger partial charge in [-0.3, -0.25) is 9.59 Å². The normalized spacial score (nSPS) is 12.3. The zero-order chi connectivity index (χ0) is 23.2. The molecule has 0 saturated carbocycles. The summed E-state index contributed by atoms with van der Waals surface area (Å²) in [7, 11) is -3.90. The van der Waals surface area contributed by atoms with E-state index in [9.17, 15) is 18.0 Å². The van der Waals surface area contributed by atoms with Gasteiger partial charge in [0.25, 0.3) is 0 Å². The van der Waals surface area contributed by atoms with Gasteiger partial charge in [0.05, 0.1) is 10.9 Å².